The standard InChI is InChI=1S/C23H17N3O4/c27-21(25-13-17-7-4-10-29-17)14-26-19-8-3-9-24-22(19)30-20-12-16-6-2-1-5-15(16)11-18(20)23(26)28/h1-12H,13-14H2,(H,25,27). The van der Waals surface area contributed by atoms with E-state index in [1.807, 2.05) is 30.3 Å². The van der Waals surface area contributed by atoms with Crippen molar-refractivity contribution in [1.29, 1.82) is 0 Å². The van der Waals surface area contributed by atoms with Gasteiger partial charge in [-0.25, -0.2) is 4.98 Å². The summed E-state index contributed by atoms with van der Waals surface area (Å²) in [5.41, 5.74) is 0.821. The summed E-state index contributed by atoms with van der Waals surface area (Å²) in [5, 5.41) is 4.63. The third-order valence-corrected chi connectivity index (χ3v) is 4.91. The normalized spacial score (nSPS) is 12.7. The molecule has 30 heavy (non-hydrogen) atoms. The van der Waals surface area contributed by atoms with E-state index < -0.39 is 0 Å². The predicted molar refractivity (Wildman–Crippen MR) is 110 cm³/mol. The summed E-state index contributed by atoms with van der Waals surface area (Å²) in [6.07, 6.45) is 3.13. The fraction of sp³-hybridized carbons (Fsp3) is 0.0870. The molecule has 2 aromatic heterocycles. The van der Waals surface area contributed by atoms with Crippen LogP contribution < -0.4 is 15.0 Å². The Labute approximate surface area is 171 Å². The topological polar surface area (TPSA) is 84.7 Å². The largest absolute Gasteiger partial charge is 0.467 e. The zero-order valence-electron chi connectivity index (χ0n) is 15.9. The first-order valence-corrected chi connectivity index (χ1v) is 9.45. The Kier molecular flexibility index (Phi) is 4.40. The zero-order valence-corrected chi connectivity index (χ0v) is 15.9. The number of pyridine rings is 1. The number of aromatic nitrogens is 1. The number of hydrogen-bond donors (Lipinski definition) is 1. The Balaban J connectivity index is 1.50. The molecule has 7 heteroatoms. The Morgan fingerprint density at radius 2 is 1.87 bits per heavy atom. The van der Waals surface area contributed by atoms with Gasteiger partial charge < -0.3 is 14.5 Å². The van der Waals surface area contributed by atoms with Crippen molar-refractivity contribution in [1.82, 2.24) is 10.3 Å². The number of anilines is 1. The van der Waals surface area contributed by atoms with Crippen LogP contribution in [-0.2, 0) is 11.3 Å². The molecule has 0 unspecified atom stereocenters. The molecule has 1 aliphatic heterocycles. The number of carbonyl (C=O) groups is 2. The van der Waals surface area contributed by atoms with E-state index in [1.165, 1.54) is 4.90 Å². The van der Waals surface area contributed by atoms with Gasteiger partial charge >= 0.3 is 0 Å². The number of hydrogen-bond acceptors (Lipinski definition) is 5. The first-order valence-electron chi connectivity index (χ1n) is 9.45. The molecule has 1 aliphatic rings. The van der Waals surface area contributed by atoms with Crippen molar-refractivity contribution in [3.63, 3.8) is 0 Å². The number of benzene rings is 2. The number of nitrogens with zero attached hydrogens (tertiary/aromatic N) is 2. The third-order valence-electron chi connectivity index (χ3n) is 4.91. The van der Waals surface area contributed by atoms with Gasteiger partial charge in [0.05, 0.1) is 18.4 Å². The highest BCUT2D eigenvalue weighted by Gasteiger charge is 2.30. The van der Waals surface area contributed by atoms with Gasteiger partial charge in [-0.1, -0.05) is 24.3 Å². The molecule has 0 aliphatic carbocycles. The van der Waals surface area contributed by atoms with Gasteiger partial charge in [0.2, 0.25) is 11.8 Å². The van der Waals surface area contributed by atoms with Crippen LogP contribution in [0.1, 0.15) is 16.1 Å². The quantitative estimate of drug-likeness (QED) is 0.563. The number of nitrogens with one attached hydrogen (secondary N) is 1. The number of fused-ring (bicyclic) bond motifs is 3. The van der Waals surface area contributed by atoms with Crippen LogP contribution in [0.5, 0.6) is 11.6 Å². The smallest absolute Gasteiger partial charge is 0.262 e. The van der Waals surface area contributed by atoms with Crippen molar-refractivity contribution in [2.24, 2.45) is 0 Å². The van der Waals surface area contributed by atoms with Gasteiger partial charge in [0.1, 0.15) is 23.7 Å². The molecule has 5 rings (SSSR count). The first kappa shape index (κ1) is 17.9. The van der Waals surface area contributed by atoms with Crippen molar-refractivity contribution in [3.8, 4) is 11.6 Å². The van der Waals surface area contributed by atoms with Crippen molar-refractivity contribution in [2.45, 2.75) is 6.54 Å². The van der Waals surface area contributed by atoms with Crippen molar-refractivity contribution >= 4 is 28.3 Å². The minimum Gasteiger partial charge on any atom is -0.467 e. The van der Waals surface area contributed by atoms with Crippen LogP contribution in [0.4, 0.5) is 5.69 Å². The molecule has 7 nitrogen and oxygen atoms in total. The second kappa shape index (κ2) is 7.36. The monoisotopic (exact) mass is 399 g/mol. The van der Waals surface area contributed by atoms with Crippen LogP contribution in [-0.4, -0.2) is 23.3 Å². The molecule has 0 saturated carbocycles. The highest BCUT2D eigenvalue weighted by Crippen LogP contribution is 2.38. The molecular weight excluding hydrogens is 382 g/mol. The Morgan fingerprint density at radius 1 is 1.03 bits per heavy atom. The van der Waals surface area contributed by atoms with E-state index in [0.29, 0.717) is 22.8 Å². The lowest BCUT2D eigenvalue weighted by Crippen LogP contribution is -2.40. The molecular formula is C23H17N3O4. The number of furan rings is 1. The minimum atomic E-state index is -0.323. The molecule has 0 fully saturated rings. The summed E-state index contributed by atoms with van der Waals surface area (Å²) < 4.78 is 11.2. The average Bonchev–Trinajstić information content (AvgIpc) is 3.26. The van der Waals surface area contributed by atoms with Gasteiger partial charge in [0.25, 0.3) is 5.91 Å². The Bertz CT molecular complexity index is 1250. The highest BCUT2D eigenvalue weighted by molar-refractivity contribution is 6.13. The van der Waals surface area contributed by atoms with E-state index in [1.54, 1.807) is 42.8 Å². The summed E-state index contributed by atoms with van der Waals surface area (Å²) in [4.78, 5) is 31.7. The summed E-state index contributed by atoms with van der Waals surface area (Å²) >= 11 is 0. The minimum absolute atomic E-state index is 0.173. The van der Waals surface area contributed by atoms with E-state index in [4.69, 9.17) is 9.15 Å². The van der Waals surface area contributed by atoms with Crippen molar-refractivity contribution < 1.29 is 18.7 Å². The van der Waals surface area contributed by atoms with E-state index in [2.05, 4.69) is 10.3 Å². The Hall–Kier alpha value is -4.13. The highest BCUT2D eigenvalue weighted by atomic mass is 16.5. The lowest BCUT2D eigenvalue weighted by molar-refractivity contribution is -0.119. The maximum Gasteiger partial charge on any atom is 0.262 e. The van der Waals surface area contributed by atoms with Crippen LogP contribution >= 0.6 is 0 Å². The summed E-state index contributed by atoms with van der Waals surface area (Å²) in [6.45, 7) is 0.0688. The van der Waals surface area contributed by atoms with Crippen LogP contribution in [0.15, 0.2) is 77.5 Å². The molecule has 0 radical (unpaired) electrons. The van der Waals surface area contributed by atoms with E-state index in [0.717, 1.165) is 10.8 Å². The SMILES string of the molecule is O=C(CN1C(=O)c2cc3ccccc3cc2Oc2ncccc21)NCc1ccco1. The number of amides is 2. The van der Waals surface area contributed by atoms with Gasteiger partial charge in [-0.2, -0.15) is 0 Å². The second-order valence-corrected chi connectivity index (χ2v) is 6.87. The molecule has 0 saturated heterocycles. The summed E-state index contributed by atoms with van der Waals surface area (Å²) in [7, 11) is 0. The van der Waals surface area contributed by atoms with Gasteiger partial charge in [-0.15, -0.1) is 0 Å². The predicted octanol–water partition coefficient (Wildman–Crippen LogP) is 3.90. The molecule has 3 heterocycles. The van der Waals surface area contributed by atoms with E-state index in [-0.39, 0.29) is 30.8 Å². The molecule has 0 spiro atoms. The van der Waals surface area contributed by atoms with Crippen LogP contribution in [0.2, 0.25) is 0 Å². The maximum atomic E-state index is 13.4. The van der Waals surface area contributed by atoms with Crippen LogP contribution in [0.25, 0.3) is 10.8 Å². The molecule has 0 bridgehead atoms. The van der Waals surface area contributed by atoms with Crippen LogP contribution in [0.3, 0.4) is 0 Å². The second-order valence-electron chi connectivity index (χ2n) is 6.87. The van der Waals surface area contributed by atoms with Gasteiger partial charge in [0.15, 0.2) is 0 Å². The maximum absolute atomic E-state index is 13.4. The third kappa shape index (κ3) is 3.26. The van der Waals surface area contributed by atoms with E-state index >= 15 is 0 Å². The first-order chi connectivity index (χ1) is 14.7. The molecule has 2 aromatic carbocycles. The lowest BCUT2D eigenvalue weighted by atomic mass is 10.0. The average molecular weight is 399 g/mol. The number of rotatable bonds is 4. The van der Waals surface area contributed by atoms with Crippen molar-refractivity contribution in [3.05, 3.63) is 84.4 Å². The summed E-state index contributed by atoms with van der Waals surface area (Å²) in [6, 6.07) is 18.3. The zero-order chi connectivity index (χ0) is 20.5. The molecule has 2 amide bonds. The van der Waals surface area contributed by atoms with Crippen molar-refractivity contribution in [2.75, 3.05) is 11.4 Å². The molecule has 0 atom stereocenters. The molecule has 148 valence electrons. The van der Waals surface area contributed by atoms with E-state index in [9.17, 15) is 9.59 Å². The summed E-state index contributed by atoms with van der Waals surface area (Å²) in [5.74, 6) is 0.679. The fourth-order valence-electron chi connectivity index (χ4n) is 3.45. The van der Waals surface area contributed by atoms with Gasteiger partial charge in [-0.3, -0.25) is 14.5 Å². The number of ether oxygens (including phenoxy) is 1. The van der Waals surface area contributed by atoms with Gasteiger partial charge in [0, 0.05) is 6.20 Å². The fourth-order valence-corrected chi connectivity index (χ4v) is 3.45. The Morgan fingerprint density at radius 3 is 2.67 bits per heavy atom. The van der Waals surface area contributed by atoms with Crippen LogP contribution in [0, 0.1) is 0 Å². The molecule has 4 aromatic rings. The van der Waals surface area contributed by atoms with Gasteiger partial charge in [-0.05, 0) is 47.2 Å². The molecule has 1 N–H and O–H groups in total. The lowest BCUT2D eigenvalue weighted by Gasteiger charge is -2.21. The number of carbonyl (C=O) groups excluding carboxylic acids is 2.